The van der Waals surface area contributed by atoms with Gasteiger partial charge in [-0.05, 0) is 43.9 Å². The number of benzene rings is 1. The maximum Gasteiger partial charge on any atom is 0.221 e. The van der Waals surface area contributed by atoms with E-state index in [4.69, 9.17) is 17.3 Å². The third kappa shape index (κ3) is 5.20. The molecule has 0 bridgehead atoms. The first-order valence-corrected chi connectivity index (χ1v) is 10.2. The summed E-state index contributed by atoms with van der Waals surface area (Å²) in [6.07, 6.45) is 2.69. The van der Waals surface area contributed by atoms with E-state index in [0.717, 1.165) is 50.3 Å². The first-order valence-electron chi connectivity index (χ1n) is 9.82. The molecule has 1 aliphatic rings. The molecule has 0 spiro atoms. The molecule has 1 aromatic heterocycles. The number of carbonyl (C=O) groups excluding carboxylic acids is 1. The van der Waals surface area contributed by atoms with E-state index in [1.165, 1.54) is 11.1 Å². The molecule has 1 amide bonds. The summed E-state index contributed by atoms with van der Waals surface area (Å²) in [6, 6.07) is 8.49. The summed E-state index contributed by atoms with van der Waals surface area (Å²) >= 11 is 6.25. The number of nitrogens with one attached hydrogen (secondary N) is 1. The molecule has 3 rings (SSSR count). The van der Waals surface area contributed by atoms with Crippen LogP contribution in [0.25, 0.3) is 0 Å². The molecule has 1 saturated heterocycles. The van der Waals surface area contributed by atoms with Gasteiger partial charge < -0.3 is 11.1 Å². The molecule has 7 heteroatoms. The zero-order valence-corrected chi connectivity index (χ0v) is 17.3. The average Bonchev–Trinajstić information content (AvgIpc) is 2.66. The maximum atomic E-state index is 11.5. The van der Waals surface area contributed by atoms with Crippen molar-refractivity contribution in [1.82, 2.24) is 14.9 Å². The summed E-state index contributed by atoms with van der Waals surface area (Å²) in [5.74, 6) is 1.24. The van der Waals surface area contributed by atoms with Crippen LogP contribution < -0.4 is 11.1 Å². The van der Waals surface area contributed by atoms with Crippen molar-refractivity contribution in [3.05, 3.63) is 51.9 Å². The Morgan fingerprint density at radius 3 is 2.89 bits per heavy atom. The van der Waals surface area contributed by atoms with Crippen molar-refractivity contribution in [2.75, 3.05) is 18.4 Å². The minimum absolute atomic E-state index is 0.0307. The summed E-state index contributed by atoms with van der Waals surface area (Å²) in [6.45, 7) is 7.13. The lowest BCUT2D eigenvalue weighted by Crippen LogP contribution is -2.40. The van der Waals surface area contributed by atoms with Gasteiger partial charge in [0, 0.05) is 25.2 Å². The number of halogens is 1. The highest BCUT2D eigenvalue weighted by atomic mass is 35.5. The predicted octanol–water partition coefficient (Wildman–Crippen LogP) is 3.31. The monoisotopic (exact) mass is 401 g/mol. The van der Waals surface area contributed by atoms with E-state index in [9.17, 15) is 4.79 Å². The Morgan fingerprint density at radius 2 is 2.14 bits per heavy atom. The number of nitrogens with two attached hydrogens (primary N) is 1. The normalized spacial score (nSPS) is 17.5. The summed E-state index contributed by atoms with van der Waals surface area (Å²) < 4.78 is 0. The second-order valence-corrected chi connectivity index (χ2v) is 7.75. The van der Waals surface area contributed by atoms with Crippen molar-refractivity contribution in [2.45, 2.75) is 46.2 Å². The van der Waals surface area contributed by atoms with Crippen molar-refractivity contribution >= 4 is 23.3 Å². The smallest absolute Gasteiger partial charge is 0.221 e. The number of carbonyl (C=O) groups is 1. The molecule has 150 valence electrons. The number of hydrogen-bond donors (Lipinski definition) is 2. The maximum absolute atomic E-state index is 11.5. The highest BCUT2D eigenvalue weighted by Gasteiger charge is 2.23. The van der Waals surface area contributed by atoms with E-state index in [1.54, 1.807) is 0 Å². The topological polar surface area (TPSA) is 84.1 Å². The Balaban J connectivity index is 1.65. The van der Waals surface area contributed by atoms with Gasteiger partial charge in [0.15, 0.2) is 0 Å². The highest BCUT2D eigenvalue weighted by molar-refractivity contribution is 6.30. The number of nitrogens with zero attached hydrogens (tertiary/aromatic N) is 3. The molecular weight excluding hydrogens is 374 g/mol. The first-order chi connectivity index (χ1) is 13.5. The Hall–Kier alpha value is -2.18. The van der Waals surface area contributed by atoms with Crippen LogP contribution in [0.15, 0.2) is 24.3 Å². The quantitative estimate of drug-likeness (QED) is 0.695. The van der Waals surface area contributed by atoms with Gasteiger partial charge in [0.05, 0.1) is 5.92 Å². The van der Waals surface area contributed by atoms with Gasteiger partial charge in [-0.1, -0.05) is 42.8 Å². The molecular formula is C21H28ClN5O. The minimum atomic E-state index is -0.187. The summed E-state index contributed by atoms with van der Waals surface area (Å²) in [7, 11) is 0. The fraction of sp³-hybridized carbons (Fsp3) is 0.476. The molecule has 0 radical (unpaired) electrons. The van der Waals surface area contributed by atoms with Gasteiger partial charge in [0.2, 0.25) is 5.91 Å². The number of aromatic nitrogens is 2. The zero-order chi connectivity index (χ0) is 20.1. The van der Waals surface area contributed by atoms with Crippen LogP contribution in [0.5, 0.6) is 0 Å². The van der Waals surface area contributed by atoms with Crippen molar-refractivity contribution in [3.8, 4) is 0 Å². The lowest BCUT2D eigenvalue weighted by molar-refractivity contribution is -0.123. The van der Waals surface area contributed by atoms with E-state index in [-0.39, 0.29) is 11.8 Å². The van der Waals surface area contributed by atoms with Crippen LogP contribution in [0, 0.1) is 12.8 Å². The van der Waals surface area contributed by atoms with Crippen LogP contribution in [0.3, 0.4) is 0 Å². The van der Waals surface area contributed by atoms with Crippen LogP contribution >= 0.6 is 11.6 Å². The molecule has 6 nitrogen and oxygen atoms in total. The van der Waals surface area contributed by atoms with Crippen molar-refractivity contribution in [1.29, 1.82) is 0 Å². The number of hydrogen-bond acceptors (Lipinski definition) is 5. The average molecular weight is 402 g/mol. The molecule has 2 heterocycles. The number of likely N-dealkylation sites (tertiary alicyclic amines) is 1. The van der Waals surface area contributed by atoms with Gasteiger partial charge in [-0.25, -0.2) is 9.97 Å². The number of primary amides is 1. The number of amides is 1. The molecule has 0 aliphatic carbocycles. The Kier molecular flexibility index (Phi) is 6.86. The molecule has 1 aliphatic heterocycles. The van der Waals surface area contributed by atoms with E-state index in [0.29, 0.717) is 17.5 Å². The van der Waals surface area contributed by atoms with E-state index in [2.05, 4.69) is 44.5 Å². The highest BCUT2D eigenvalue weighted by Crippen LogP contribution is 2.23. The standard InChI is InChI=1S/C21H28ClN5O/c1-3-18-19(22)25-14(2)26-21(18)24-11-15-6-4-7-16(10-15)12-27-9-5-8-17(13-27)20(23)28/h4,6-7,10,17H,3,5,8-9,11-13H2,1-2H3,(H2,23,28)(H,24,25,26). The molecule has 1 unspecified atom stereocenters. The third-order valence-electron chi connectivity index (χ3n) is 5.19. The fourth-order valence-corrected chi connectivity index (χ4v) is 4.08. The largest absolute Gasteiger partial charge is 0.369 e. The van der Waals surface area contributed by atoms with Crippen LogP contribution in [-0.2, 0) is 24.3 Å². The second-order valence-electron chi connectivity index (χ2n) is 7.39. The van der Waals surface area contributed by atoms with Crippen LogP contribution in [0.2, 0.25) is 5.15 Å². The lowest BCUT2D eigenvalue weighted by atomic mass is 9.97. The second kappa shape index (κ2) is 9.34. The summed E-state index contributed by atoms with van der Waals surface area (Å²) in [4.78, 5) is 22.5. The van der Waals surface area contributed by atoms with Crippen LogP contribution in [0.4, 0.5) is 5.82 Å². The Morgan fingerprint density at radius 1 is 1.36 bits per heavy atom. The molecule has 1 atom stereocenters. The molecule has 0 saturated carbocycles. The number of rotatable bonds is 7. The van der Waals surface area contributed by atoms with Crippen molar-refractivity contribution in [3.63, 3.8) is 0 Å². The minimum Gasteiger partial charge on any atom is -0.369 e. The molecule has 1 aromatic carbocycles. The number of aryl methyl sites for hydroxylation is 1. The third-order valence-corrected chi connectivity index (χ3v) is 5.50. The van der Waals surface area contributed by atoms with E-state index in [1.807, 2.05) is 13.8 Å². The van der Waals surface area contributed by atoms with Crippen molar-refractivity contribution < 1.29 is 4.79 Å². The number of piperidine rings is 1. The number of anilines is 1. The van der Waals surface area contributed by atoms with Crippen LogP contribution in [-0.4, -0.2) is 33.9 Å². The lowest BCUT2D eigenvalue weighted by Gasteiger charge is -2.31. The van der Waals surface area contributed by atoms with Gasteiger partial charge in [0.1, 0.15) is 16.8 Å². The van der Waals surface area contributed by atoms with Gasteiger partial charge in [-0.2, -0.15) is 0 Å². The molecule has 3 N–H and O–H groups in total. The molecule has 2 aromatic rings. The molecule has 1 fully saturated rings. The Labute approximate surface area is 171 Å². The summed E-state index contributed by atoms with van der Waals surface area (Å²) in [5.41, 5.74) is 8.84. The van der Waals surface area contributed by atoms with Gasteiger partial charge in [-0.15, -0.1) is 0 Å². The van der Waals surface area contributed by atoms with Gasteiger partial charge >= 0.3 is 0 Å². The SMILES string of the molecule is CCc1c(Cl)nc(C)nc1NCc1cccc(CN2CCCC(C(N)=O)C2)c1. The first kappa shape index (κ1) is 20.6. The Bertz CT molecular complexity index is 842. The van der Waals surface area contributed by atoms with Crippen molar-refractivity contribution in [2.24, 2.45) is 11.7 Å². The van der Waals surface area contributed by atoms with Crippen LogP contribution in [0.1, 0.15) is 42.3 Å². The van der Waals surface area contributed by atoms with Gasteiger partial charge in [0.25, 0.3) is 0 Å². The molecule has 28 heavy (non-hydrogen) atoms. The summed E-state index contributed by atoms with van der Waals surface area (Å²) in [5, 5.41) is 3.92. The van der Waals surface area contributed by atoms with Gasteiger partial charge in [-0.3, -0.25) is 9.69 Å². The zero-order valence-electron chi connectivity index (χ0n) is 16.5. The van der Waals surface area contributed by atoms with E-state index >= 15 is 0 Å². The predicted molar refractivity (Wildman–Crippen MR) is 112 cm³/mol. The van der Waals surface area contributed by atoms with E-state index < -0.39 is 0 Å². The fourth-order valence-electron chi connectivity index (χ4n) is 3.73.